The molecule has 1 aromatic heterocycles. The van der Waals surface area contributed by atoms with Crippen LogP contribution < -0.4 is 5.32 Å². The van der Waals surface area contributed by atoms with Crippen molar-refractivity contribution in [1.29, 1.82) is 0 Å². The summed E-state index contributed by atoms with van der Waals surface area (Å²) in [4.78, 5) is 23.2. The van der Waals surface area contributed by atoms with Crippen LogP contribution in [0, 0.1) is 0 Å². The molecule has 6 nitrogen and oxygen atoms in total. The third-order valence-electron chi connectivity index (χ3n) is 3.39. The first-order valence-corrected chi connectivity index (χ1v) is 7.56. The number of amides is 1. The number of carbonyl (C=O) groups excluding carboxylic acids is 1. The Kier molecular flexibility index (Phi) is 5.05. The molecule has 0 spiro atoms. The highest BCUT2D eigenvalue weighted by Gasteiger charge is 2.23. The van der Waals surface area contributed by atoms with E-state index in [1.165, 1.54) is 13.1 Å². The first-order chi connectivity index (χ1) is 10.8. The number of aromatic nitrogens is 2. The quantitative estimate of drug-likeness (QED) is 0.880. The van der Waals surface area contributed by atoms with E-state index >= 15 is 0 Å². The van der Waals surface area contributed by atoms with E-state index in [0.29, 0.717) is 16.3 Å². The van der Waals surface area contributed by atoms with Gasteiger partial charge >= 0.3 is 5.97 Å². The highest BCUT2D eigenvalue weighted by Crippen LogP contribution is 2.24. The Balaban J connectivity index is 2.41. The summed E-state index contributed by atoms with van der Waals surface area (Å²) in [6.45, 7) is 5.31. The summed E-state index contributed by atoms with van der Waals surface area (Å²) >= 11 is 5.89. The molecule has 0 saturated carbocycles. The summed E-state index contributed by atoms with van der Waals surface area (Å²) in [7, 11) is 0. The summed E-state index contributed by atoms with van der Waals surface area (Å²) in [6.07, 6.45) is 1.45. The van der Waals surface area contributed by atoms with Crippen LogP contribution in [0.25, 0.3) is 5.69 Å². The van der Waals surface area contributed by atoms with E-state index in [4.69, 9.17) is 16.7 Å². The van der Waals surface area contributed by atoms with Gasteiger partial charge in [-0.05, 0) is 37.1 Å². The monoisotopic (exact) mass is 335 g/mol. The minimum Gasteiger partial charge on any atom is -0.480 e. The Bertz CT molecular complexity index is 723. The Morgan fingerprint density at radius 3 is 2.35 bits per heavy atom. The third kappa shape index (κ3) is 3.71. The highest BCUT2D eigenvalue weighted by atomic mass is 35.5. The highest BCUT2D eigenvalue weighted by molar-refractivity contribution is 6.30. The number of rotatable bonds is 5. The van der Waals surface area contributed by atoms with E-state index < -0.39 is 17.9 Å². The largest absolute Gasteiger partial charge is 0.480 e. The summed E-state index contributed by atoms with van der Waals surface area (Å²) in [5.41, 5.74) is 1.86. The fraction of sp³-hybridized carbons (Fsp3) is 0.312. The van der Waals surface area contributed by atoms with Crippen LogP contribution >= 0.6 is 11.6 Å². The fourth-order valence-electron chi connectivity index (χ4n) is 2.21. The molecule has 7 heteroatoms. The van der Waals surface area contributed by atoms with Crippen LogP contribution in [0.2, 0.25) is 5.02 Å². The minimum absolute atomic E-state index is 0.0223. The van der Waals surface area contributed by atoms with E-state index in [0.717, 1.165) is 5.69 Å². The lowest BCUT2D eigenvalue weighted by Gasteiger charge is -2.14. The van der Waals surface area contributed by atoms with Gasteiger partial charge in [-0.25, -0.2) is 4.68 Å². The van der Waals surface area contributed by atoms with Crippen LogP contribution in [-0.4, -0.2) is 32.8 Å². The van der Waals surface area contributed by atoms with Crippen molar-refractivity contribution >= 4 is 23.5 Å². The zero-order valence-electron chi connectivity index (χ0n) is 13.1. The Morgan fingerprint density at radius 1 is 1.22 bits per heavy atom. The minimum atomic E-state index is -1.09. The molecule has 0 saturated heterocycles. The number of carboxylic acid groups (broad SMARTS) is 1. The Hall–Kier alpha value is -2.34. The number of aliphatic carboxylic acids is 1. The molecule has 0 bridgehead atoms. The first kappa shape index (κ1) is 17.0. The number of benzene rings is 1. The SMILES string of the molecule is CC(C)c1c(C(=O)N[C@H](C)C(=O)O)cnn1-c1ccc(Cl)cc1. The lowest BCUT2D eigenvalue weighted by molar-refractivity contribution is -0.138. The predicted octanol–water partition coefficient (Wildman–Crippen LogP) is 2.85. The second kappa shape index (κ2) is 6.83. The van der Waals surface area contributed by atoms with Gasteiger partial charge in [0.1, 0.15) is 6.04 Å². The lowest BCUT2D eigenvalue weighted by Crippen LogP contribution is -2.38. The van der Waals surface area contributed by atoms with Gasteiger partial charge in [0.05, 0.1) is 23.1 Å². The number of nitrogens with one attached hydrogen (secondary N) is 1. The van der Waals surface area contributed by atoms with Gasteiger partial charge in [0.25, 0.3) is 5.91 Å². The smallest absolute Gasteiger partial charge is 0.325 e. The molecule has 1 atom stereocenters. The Labute approximate surface area is 139 Å². The van der Waals surface area contributed by atoms with Crippen molar-refractivity contribution in [3.8, 4) is 5.69 Å². The van der Waals surface area contributed by atoms with E-state index in [2.05, 4.69) is 10.4 Å². The zero-order chi connectivity index (χ0) is 17.1. The molecule has 0 fully saturated rings. The molecule has 1 heterocycles. The summed E-state index contributed by atoms with van der Waals surface area (Å²) in [5, 5.41) is 16.3. The molecular weight excluding hydrogens is 318 g/mol. The number of carboxylic acids is 1. The molecule has 0 aliphatic carbocycles. The summed E-state index contributed by atoms with van der Waals surface area (Å²) in [6, 6.07) is 6.14. The van der Waals surface area contributed by atoms with Crippen molar-refractivity contribution in [3.63, 3.8) is 0 Å². The molecule has 2 rings (SSSR count). The van der Waals surface area contributed by atoms with Gasteiger partial charge < -0.3 is 10.4 Å². The van der Waals surface area contributed by atoms with Crippen LogP contribution in [0.3, 0.4) is 0 Å². The molecule has 0 aliphatic rings. The van der Waals surface area contributed by atoms with Crippen molar-refractivity contribution < 1.29 is 14.7 Å². The molecule has 122 valence electrons. The summed E-state index contributed by atoms with van der Waals surface area (Å²) < 4.78 is 1.67. The van der Waals surface area contributed by atoms with Gasteiger partial charge in [0.15, 0.2) is 0 Å². The van der Waals surface area contributed by atoms with Crippen LogP contribution in [-0.2, 0) is 4.79 Å². The van der Waals surface area contributed by atoms with E-state index in [1.54, 1.807) is 16.8 Å². The molecule has 0 aliphatic heterocycles. The number of hydrogen-bond acceptors (Lipinski definition) is 3. The molecular formula is C16H18ClN3O3. The number of halogens is 1. The Morgan fingerprint density at radius 2 is 1.83 bits per heavy atom. The van der Waals surface area contributed by atoms with Crippen LogP contribution in [0.5, 0.6) is 0 Å². The molecule has 1 aromatic carbocycles. The number of hydrogen-bond donors (Lipinski definition) is 2. The van der Waals surface area contributed by atoms with Crippen LogP contribution in [0.1, 0.15) is 42.7 Å². The van der Waals surface area contributed by atoms with Gasteiger partial charge in [-0.2, -0.15) is 5.10 Å². The van der Waals surface area contributed by atoms with Crippen molar-refractivity contribution in [3.05, 3.63) is 46.7 Å². The fourth-order valence-corrected chi connectivity index (χ4v) is 2.34. The maximum atomic E-state index is 12.3. The molecule has 2 aromatic rings. The summed E-state index contributed by atoms with van der Waals surface area (Å²) in [5.74, 6) is -1.52. The topological polar surface area (TPSA) is 84.2 Å². The lowest BCUT2D eigenvalue weighted by atomic mass is 10.0. The van der Waals surface area contributed by atoms with Crippen molar-refractivity contribution in [2.24, 2.45) is 0 Å². The normalized spacial score (nSPS) is 12.2. The molecule has 23 heavy (non-hydrogen) atoms. The van der Waals surface area contributed by atoms with Gasteiger partial charge in [-0.15, -0.1) is 0 Å². The third-order valence-corrected chi connectivity index (χ3v) is 3.64. The maximum Gasteiger partial charge on any atom is 0.325 e. The molecule has 1 amide bonds. The van der Waals surface area contributed by atoms with Gasteiger partial charge in [-0.3, -0.25) is 9.59 Å². The van der Waals surface area contributed by atoms with Crippen molar-refractivity contribution in [2.45, 2.75) is 32.7 Å². The number of carbonyl (C=O) groups is 2. The molecule has 2 N–H and O–H groups in total. The average Bonchev–Trinajstić information content (AvgIpc) is 2.92. The number of nitrogens with zero attached hydrogens (tertiary/aromatic N) is 2. The average molecular weight is 336 g/mol. The molecule has 0 unspecified atom stereocenters. The van der Waals surface area contributed by atoms with E-state index in [1.807, 2.05) is 26.0 Å². The van der Waals surface area contributed by atoms with Gasteiger partial charge in [0, 0.05) is 5.02 Å². The van der Waals surface area contributed by atoms with Gasteiger partial charge in [-0.1, -0.05) is 25.4 Å². The van der Waals surface area contributed by atoms with Crippen molar-refractivity contribution in [1.82, 2.24) is 15.1 Å². The van der Waals surface area contributed by atoms with Crippen LogP contribution in [0.4, 0.5) is 0 Å². The standard InChI is InChI=1S/C16H18ClN3O3/c1-9(2)14-13(15(21)19-10(3)16(22)23)8-18-20(14)12-6-4-11(17)5-7-12/h4-10H,1-3H3,(H,19,21)(H,22,23)/t10-/m1/s1. The van der Waals surface area contributed by atoms with E-state index in [9.17, 15) is 9.59 Å². The van der Waals surface area contributed by atoms with Gasteiger partial charge in [0.2, 0.25) is 0 Å². The second-order valence-corrected chi connectivity index (χ2v) is 5.96. The predicted molar refractivity (Wildman–Crippen MR) is 87.2 cm³/mol. The second-order valence-electron chi connectivity index (χ2n) is 5.52. The van der Waals surface area contributed by atoms with Crippen molar-refractivity contribution in [2.75, 3.05) is 0 Å². The zero-order valence-corrected chi connectivity index (χ0v) is 13.8. The van der Waals surface area contributed by atoms with Crippen LogP contribution in [0.15, 0.2) is 30.5 Å². The van der Waals surface area contributed by atoms with E-state index in [-0.39, 0.29) is 5.92 Å². The first-order valence-electron chi connectivity index (χ1n) is 7.18. The molecule has 0 radical (unpaired) electrons. The maximum absolute atomic E-state index is 12.3.